The molecule has 2 unspecified atom stereocenters. The van der Waals surface area contributed by atoms with Gasteiger partial charge in [-0.05, 0) is 18.8 Å². The third-order valence-electron chi connectivity index (χ3n) is 4.05. The highest BCUT2D eigenvalue weighted by molar-refractivity contribution is 6.22. The van der Waals surface area contributed by atoms with E-state index in [-0.39, 0.29) is 30.2 Å². The molecule has 1 N–H and O–H groups in total. The first-order valence-corrected chi connectivity index (χ1v) is 6.59. The molecule has 2 fully saturated rings. The van der Waals surface area contributed by atoms with Gasteiger partial charge in [-0.25, -0.2) is 4.90 Å². The Morgan fingerprint density at radius 2 is 1.95 bits per heavy atom. The van der Waals surface area contributed by atoms with Gasteiger partial charge in [0, 0.05) is 6.20 Å². The van der Waals surface area contributed by atoms with Crippen molar-refractivity contribution in [1.29, 1.82) is 0 Å². The van der Waals surface area contributed by atoms with E-state index in [0.717, 1.165) is 17.7 Å². The summed E-state index contributed by atoms with van der Waals surface area (Å²) in [5.74, 6) is -1.43. The van der Waals surface area contributed by atoms with Crippen molar-refractivity contribution in [2.24, 2.45) is 17.8 Å². The van der Waals surface area contributed by atoms with E-state index in [9.17, 15) is 14.4 Å². The normalized spacial score (nSPS) is 29.1. The van der Waals surface area contributed by atoms with Crippen molar-refractivity contribution in [3.63, 3.8) is 0 Å². The van der Waals surface area contributed by atoms with Gasteiger partial charge in [0.15, 0.2) is 0 Å². The molecular formula is C13H15N3O4. The van der Waals surface area contributed by atoms with Crippen LogP contribution in [0.3, 0.4) is 0 Å². The van der Waals surface area contributed by atoms with E-state index in [1.54, 1.807) is 0 Å². The lowest BCUT2D eigenvalue weighted by Gasteiger charge is -2.14. The molecule has 106 valence electrons. The summed E-state index contributed by atoms with van der Waals surface area (Å²) in [6.45, 7) is 1.76. The van der Waals surface area contributed by atoms with E-state index in [1.807, 2.05) is 6.92 Å². The topological polar surface area (TPSA) is 92.5 Å². The molecule has 1 aromatic heterocycles. The van der Waals surface area contributed by atoms with Crippen LogP contribution in [0.1, 0.15) is 19.8 Å². The average molecular weight is 277 g/mol. The van der Waals surface area contributed by atoms with Gasteiger partial charge in [0.2, 0.25) is 11.8 Å². The molecule has 1 aliphatic carbocycles. The van der Waals surface area contributed by atoms with Gasteiger partial charge in [0.05, 0.1) is 23.7 Å². The maximum Gasteiger partial charge on any atom is 0.325 e. The fourth-order valence-electron chi connectivity index (χ4n) is 3.23. The summed E-state index contributed by atoms with van der Waals surface area (Å²) in [6.07, 6.45) is 4.28. The molecule has 1 aliphatic heterocycles. The molecule has 7 heteroatoms. The second kappa shape index (κ2) is 4.43. The molecule has 2 heterocycles. The number of fused-ring (bicyclic) bond motifs is 1. The molecule has 1 saturated heterocycles. The van der Waals surface area contributed by atoms with Crippen LogP contribution in [-0.4, -0.2) is 32.7 Å². The van der Waals surface area contributed by atoms with Crippen LogP contribution in [0.5, 0.6) is 0 Å². The molecule has 2 amide bonds. The standard InChI is InChI=1S/C13H15N3O4/c1-7-2-9-10(3-7)13(20)16(12(9)19)8-4-14-15(5-8)6-11(17)18/h4-5,7,9-10H,2-3,6H2,1H3,(H,17,18). The third-order valence-corrected chi connectivity index (χ3v) is 4.05. The molecule has 3 rings (SSSR count). The van der Waals surface area contributed by atoms with Crippen molar-refractivity contribution in [2.75, 3.05) is 4.90 Å². The van der Waals surface area contributed by atoms with Crippen LogP contribution < -0.4 is 4.90 Å². The average Bonchev–Trinajstić information content (AvgIpc) is 2.99. The predicted molar refractivity (Wildman–Crippen MR) is 67.7 cm³/mol. The number of carbonyl (C=O) groups excluding carboxylic acids is 2. The molecule has 0 aromatic carbocycles. The van der Waals surface area contributed by atoms with Gasteiger partial charge >= 0.3 is 5.97 Å². The van der Waals surface area contributed by atoms with E-state index < -0.39 is 5.97 Å². The highest BCUT2D eigenvalue weighted by atomic mass is 16.4. The Hall–Kier alpha value is -2.18. The molecule has 20 heavy (non-hydrogen) atoms. The lowest BCUT2D eigenvalue weighted by Crippen LogP contribution is -2.31. The van der Waals surface area contributed by atoms with Gasteiger partial charge in [0.25, 0.3) is 0 Å². The molecule has 7 nitrogen and oxygen atoms in total. The number of carbonyl (C=O) groups is 3. The van der Waals surface area contributed by atoms with Crippen LogP contribution in [0.25, 0.3) is 0 Å². The largest absolute Gasteiger partial charge is 0.480 e. The fraction of sp³-hybridized carbons (Fsp3) is 0.538. The highest BCUT2D eigenvalue weighted by Gasteiger charge is 2.52. The molecule has 2 aliphatic rings. The number of nitrogens with zero attached hydrogens (tertiary/aromatic N) is 3. The van der Waals surface area contributed by atoms with Crippen molar-refractivity contribution in [2.45, 2.75) is 26.3 Å². The second-order valence-electron chi connectivity index (χ2n) is 5.59. The maximum absolute atomic E-state index is 12.3. The monoisotopic (exact) mass is 277 g/mol. The summed E-state index contributed by atoms with van der Waals surface area (Å²) in [7, 11) is 0. The summed E-state index contributed by atoms with van der Waals surface area (Å²) in [5, 5.41) is 12.6. The molecule has 0 spiro atoms. The van der Waals surface area contributed by atoms with E-state index in [4.69, 9.17) is 5.11 Å². The van der Waals surface area contributed by atoms with Crippen LogP contribution in [0.15, 0.2) is 12.4 Å². The van der Waals surface area contributed by atoms with Gasteiger partial charge in [-0.2, -0.15) is 5.10 Å². The van der Waals surface area contributed by atoms with Crippen LogP contribution in [0, 0.1) is 17.8 Å². The van der Waals surface area contributed by atoms with Crippen molar-refractivity contribution >= 4 is 23.5 Å². The highest BCUT2D eigenvalue weighted by Crippen LogP contribution is 2.44. The SMILES string of the molecule is CC1CC2C(=O)N(c3cnn(CC(=O)O)c3)C(=O)C2C1. The summed E-state index contributed by atoms with van der Waals surface area (Å²) in [4.78, 5) is 36.4. The van der Waals surface area contributed by atoms with Crippen molar-refractivity contribution < 1.29 is 19.5 Å². The first kappa shape index (κ1) is 12.8. The molecule has 2 atom stereocenters. The lowest BCUT2D eigenvalue weighted by molar-refractivity contribution is -0.138. The molecule has 0 radical (unpaired) electrons. The maximum atomic E-state index is 12.3. The van der Waals surface area contributed by atoms with Gasteiger partial charge < -0.3 is 5.11 Å². The van der Waals surface area contributed by atoms with Crippen LogP contribution in [-0.2, 0) is 20.9 Å². The number of aromatic nitrogens is 2. The summed E-state index contributed by atoms with van der Waals surface area (Å²) < 4.78 is 1.20. The van der Waals surface area contributed by atoms with E-state index in [0.29, 0.717) is 11.6 Å². The summed E-state index contributed by atoms with van der Waals surface area (Å²) in [5.41, 5.74) is 0.364. The Labute approximate surface area is 115 Å². The molecule has 1 aromatic rings. The lowest BCUT2D eigenvalue weighted by atomic mass is 10.00. The minimum atomic E-state index is -1.02. The number of amides is 2. The van der Waals surface area contributed by atoms with Crippen LogP contribution in [0.2, 0.25) is 0 Å². The van der Waals surface area contributed by atoms with Gasteiger partial charge in [-0.3, -0.25) is 19.1 Å². The Balaban J connectivity index is 1.84. The number of rotatable bonds is 3. The number of aliphatic carboxylic acids is 1. The van der Waals surface area contributed by atoms with Crippen molar-refractivity contribution in [3.05, 3.63) is 12.4 Å². The summed E-state index contributed by atoms with van der Waals surface area (Å²) in [6, 6.07) is 0. The van der Waals surface area contributed by atoms with Crippen molar-refractivity contribution in [3.8, 4) is 0 Å². The third kappa shape index (κ3) is 1.90. The van der Waals surface area contributed by atoms with Crippen LogP contribution >= 0.6 is 0 Å². The Morgan fingerprint density at radius 3 is 2.50 bits per heavy atom. The Morgan fingerprint density at radius 1 is 1.35 bits per heavy atom. The second-order valence-corrected chi connectivity index (χ2v) is 5.59. The minimum Gasteiger partial charge on any atom is -0.480 e. The number of imide groups is 1. The predicted octanol–water partition coefficient (Wildman–Crippen LogP) is 0.503. The van der Waals surface area contributed by atoms with Crippen LogP contribution in [0.4, 0.5) is 5.69 Å². The molecule has 1 saturated carbocycles. The zero-order valence-corrected chi connectivity index (χ0v) is 11.0. The number of carboxylic acid groups (broad SMARTS) is 1. The first-order chi connectivity index (χ1) is 9.47. The number of anilines is 1. The Kier molecular flexibility index (Phi) is 2.84. The number of carboxylic acids is 1. The van der Waals surface area contributed by atoms with Gasteiger partial charge in [-0.1, -0.05) is 6.92 Å². The Bertz CT molecular complexity index is 570. The van der Waals surface area contributed by atoms with E-state index in [1.165, 1.54) is 17.1 Å². The van der Waals surface area contributed by atoms with Gasteiger partial charge in [-0.15, -0.1) is 0 Å². The van der Waals surface area contributed by atoms with E-state index >= 15 is 0 Å². The minimum absolute atomic E-state index is 0.181. The number of hydrogen-bond donors (Lipinski definition) is 1. The molecule has 0 bridgehead atoms. The quantitative estimate of drug-likeness (QED) is 0.812. The van der Waals surface area contributed by atoms with Gasteiger partial charge in [0.1, 0.15) is 6.54 Å². The fourth-order valence-corrected chi connectivity index (χ4v) is 3.23. The zero-order chi connectivity index (χ0) is 14.4. The summed E-state index contributed by atoms with van der Waals surface area (Å²) >= 11 is 0. The number of hydrogen-bond acceptors (Lipinski definition) is 4. The van der Waals surface area contributed by atoms with E-state index in [2.05, 4.69) is 5.10 Å². The van der Waals surface area contributed by atoms with Crippen molar-refractivity contribution in [1.82, 2.24) is 9.78 Å². The first-order valence-electron chi connectivity index (χ1n) is 6.59. The molecular weight excluding hydrogens is 262 g/mol. The zero-order valence-electron chi connectivity index (χ0n) is 11.0. The smallest absolute Gasteiger partial charge is 0.325 e.